The lowest BCUT2D eigenvalue weighted by molar-refractivity contribution is -0.142. The molecular weight excluding hydrogens is 320 g/mol. The first-order chi connectivity index (χ1) is 12.2. The topological polar surface area (TPSA) is 60.0 Å². The fraction of sp³-hybridized carbons (Fsp3) is 0.632. The number of rotatable bonds is 9. The van der Waals surface area contributed by atoms with Gasteiger partial charge in [0.2, 0.25) is 0 Å². The summed E-state index contributed by atoms with van der Waals surface area (Å²) in [6.07, 6.45) is 2.40. The zero-order valence-electron chi connectivity index (χ0n) is 15.5. The third kappa shape index (κ3) is 5.90. The average Bonchev–Trinajstić information content (AvgIpc) is 2.64. The van der Waals surface area contributed by atoms with Crippen molar-refractivity contribution < 1.29 is 19.0 Å². The van der Waals surface area contributed by atoms with Crippen LogP contribution in [0.15, 0.2) is 24.3 Å². The summed E-state index contributed by atoms with van der Waals surface area (Å²) in [4.78, 5) is 13.7. The third-order valence-corrected chi connectivity index (χ3v) is 4.59. The van der Waals surface area contributed by atoms with Crippen LogP contribution in [0.3, 0.4) is 0 Å². The fourth-order valence-electron chi connectivity index (χ4n) is 3.24. The molecule has 0 bridgehead atoms. The van der Waals surface area contributed by atoms with E-state index in [9.17, 15) is 4.79 Å². The monoisotopic (exact) mass is 350 g/mol. The molecule has 1 N–H and O–H groups in total. The van der Waals surface area contributed by atoms with Gasteiger partial charge in [0.25, 0.3) is 0 Å². The Morgan fingerprint density at radius 2 is 1.84 bits per heavy atom. The Kier molecular flexibility index (Phi) is 8.01. The Labute approximate surface area is 150 Å². The summed E-state index contributed by atoms with van der Waals surface area (Å²) in [6, 6.07) is 8.35. The number of methoxy groups -OCH3 is 2. The summed E-state index contributed by atoms with van der Waals surface area (Å²) >= 11 is 0. The van der Waals surface area contributed by atoms with Gasteiger partial charge < -0.3 is 24.4 Å². The molecule has 1 fully saturated rings. The highest BCUT2D eigenvalue weighted by Crippen LogP contribution is 2.27. The first-order valence-electron chi connectivity index (χ1n) is 8.98. The number of anilines is 2. The van der Waals surface area contributed by atoms with Crippen molar-refractivity contribution in [2.75, 3.05) is 50.7 Å². The molecule has 0 aromatic heterocycles. The molecule has 2 rings (SSSR count). The number of esters is 1. The van der Waals surface area contributed by atoms with Crippen molar-refractivity contribution in [2.24, 2.45) is 5.92 Å². The van der Waals surface area contributed by atoms with E-state index in [1.165, 1.54) is 5.69 Å². The van der Waals surface area contributed by atoms with Crippen molar-refractivity contribution in [3.8, 4) is 0 Å². The lowest BCUT2D eigenvalue weighted by Gasteiger charge is -2.36. The van der Waals surface area contributed by atoms with Crippen LogP contribution in [-0.4, -0.2) is 52.7 Å². The van der Waals surface area contributed by atoms with E-state index in [4.69, 9.17) is 14.2 Å². The SMILES string of the molecule is CCOC(=O)CCNc1ccc(N2CCC(C(OC)OC)CC2)cc1. The number of ether oxygens (including phenoxy) is 3. The van der Waals surface area contributed by atoms with E-state index < -0.39 is 0 Å². The van der Waals surface area contributed by atoms with Gasteiger partial charge in [0, 0.05) is 51.1 Å². The van der Waals surface area contributed by atoms with Crippen LogP contribution in [-0.2, 0) is 19.0 Å². The zero-order chi connectivity index (χ0) is 18.1. The zero-order valence-corrected chi connectivity index (χ0v) is 15.5. The molecule has 0 atom stereocenters. The van der Waals surface area contributed by atoms with Crippen molar-refractivity contribution in [1.29, 1.82) is 0 Å². The van der Waals surface area contributed by atoms with E-state index >= 15 is 0 Å². The van der Waals surface area contributed by atoms with Gasteiger partial charge in [-0.25, -0.2) is 0 Å². The molecule has 1 aliphatic rings. The van der Waals surface area contributed by atoms with Gasteiger partial charge in [-0.05, 0) is 44.0 Å². The normalized spacial score (nSPS) is 15.4. The van der Waals surface area contributed by atoms with E-state index in [2.05, 4.69) is 34.5 Å². The van der Waals surface area contributed by atoms with Gasteiger partial charge in [0.15, 0.2) is 6.29 Å². The van der Waals surface area contributed by atoms with E-state index in [0.29, 0.717) is 25.5 Å². The van der Waals surface area contributed by atoms with Crippen LogP contribution in [0.4, 0.5) is 11.4 Å². The molecule has 0 aliphatic carbocycles. The number of hydrogen-bond donors (Lipinski definition) is 1. The number of carbonyl (C=O) groups excluding carboxylic acids is 1. The minimum Gasteiger partial charge on any atom is -0.466 e. The van der Waals surface area contributed by atoms with Crippen LogP contribution in [0.1, 0.15) is 26.2 Å². The first kappa shape index (κ1) is 19.5. The molecule has 25 heavy (non-hydrogen) atoms. The summed E-state index contributed by atoms with van der Waals surface area (Å²) in [5.74, 6) is 0.287. The predicted octanol–water partition coefficient (Wildman–Crippen LogP) is 2.89. The second-order valence-electron chi connectivity index (χ2n) is 6.19. The second kappa shape index (κ2) is 10.3. The largest absolute Gasteiger partial charge is 0.466 e. The number of piperidine rings is 1. The maximum Gasteiger partial charge on any atom is 0.307 e. The van der Waals surface area contributed by atoms with Crippen molar-refractivity contribution in [2.45, 2.75) is 32.5 Å². The average molecular weight is 350 g/mol. The van der Waals surface area contributed by atoms with Crippen LogP contribution in [0.25, 0.3) is 0 Å². The number of carbonyl (C=O) groups is 1. The molecule has 0 amide bonds. The van der Waals surface area contributed by atoms with E-state index in [-0.39, 0.29) is 12.3 Å². The Morgan fingerprint density at radius 1 is 1.20 bits per heavy atom. The van der Waals surface area contributed by atoms with Gasteiger partial charge in [0.05, 0.1) is 13.0 Å². The number of benzene rings is 1. The van der Waals surface area contributed by atoms with Gasteiger partial charge in [-0.15, -0.1) is 0 Å². The highest BCUT2D eigenvalue weighted by atomic mass is 16.7. The van der Waals surface area contributed by atoms with Gasteiger partial charge in [-0.3, -0.25) is 4.79 Å². The maximum atomic E-state index is 11.3. The Bertz CT molecular complexity index is 509. The van der Waals surface area contributed by atoms with Gasteiger partial charge in [-0.2, -0.15) is 0 Å². The Balaban J connectivity index is 1.78. The lowest BCUT2D eigenvalue weighted by atomic mass is 9.95. The van der Waals surface area contributed by atoms with Gasteiger partial charge in [0.1, 0.15) is 0 Å². The third-order valence-electron chi connectivity index (χ3n) is 4.59. The fourth-order valence-corrected chi connectivity index (χ4v) is 3.24. The molecule has 1 aromatic rings. The molecule has 1 aromatic carbocycles. The van der Waals surface area contributed by atoms with Crippen molar-refractivity contribution >= 4 is 17.3 Å². The molecule has 1 heterocycles. The van der Waals surface area contributed by atoms with Crippen LogP contribution in [0.2, 0.25) is 0 Å². The van der Waals surface area contributed by atoms with E-state index in [1.54, 1.807) is 14.2 Å². The van der Waals surface area contributed by atoms with E-state index in [1.807, 2.05) is 6.92 Å². The predicted molar refractivity (Wildman–Crippen MR) is 98.9 cm³/mol. The summed E-state index contributed by atoms with van der Waals surface area (Å²) in [5.41, 5.74) is 2.24. The lowest BCUT2D eigenvalue weighted by Crippen LogP contribution is -2.39. The molecule has 6 nitrogen and oxygen atoms in total. The smallest absolute Gasteiger partial charge is 0.307 e. The minimum atomic E-state index is -0.167. The molecular formula is C19H30N2O4. The molecule has 0 saturated carbocycles. The van der Waals surface area contributed by atoms with Gasteiger partial charge >= 0.3 is 5.97 Å². The summed E-state index contributed by atoms with van der Waals surface area (Å²) < 4.78 is 15.7. The molecule has 0 radical (unpaired) electrons. The number of nitrogens with one attached hydrogen (secondary N) is 1. The minimum absolute atomic E-state index is 0.104. The molecule has 0 unspecified atom stereocenters. The van der Waals surface area contributed by atoms with Crippen molar-refractivity contribution in [3.63, 3.8) is 0 Å². The van der Waals surface area contributed by atoms with Crippen LogP contribution in [0, 0.1) is 5.92 Å². The Hall–Kier alpha value is -1.79. The standard InChI is InChI=1S/C19H30N2O4/c1-4-25-18(22)9-12-20-16-5-7-17(8-6-16)21-13-10-15(11-14-21)19(23-2)24-3/h5-8,15,19-20H,4,9-14H2,1-3H3. The first-order valence-corrected chi connectivity index (χ1v) is 8.98. The highest BCUT2D eigenvalue weighted by Gasteiger charge is 2.26. The van der Waals surface area contributed by atoms with Crippen molar-refractivity contribution in [1.82, 2.24) is 0 Å². The van der Waals surface area contributed by atoms with Crippen molar-refractivity contribution in [3.05, 3.63) is 24.3 Å². The van der Waals surface area contributed by atoms with Crippen LogP contribution < -0.4 is 10.2 Å². The number of nitrogens with zero attached hydrogens (tertiary/aromatic N) is 1. The van der Waals surface area contributed by atoms with Crippen LogP contribution >= 0.6 is 0 Å². The Morgan fingerprint density at radius 3 is 2.40 bits per heavy atom. The summed E-state index contributed by atoms with van der Waals surface area (Å²) in [5, 5.41) is 3.25. The molecule has 1 aliphatic heterocycles. The second-order valence-corrected chi connectivity index (χ2v) is 6.19. The molecule has 1 saturated heterocycles. The molecule has 140 valence electrons. The maximum absolute atomic E-state index is 11.3. The van der Waals surface area contributed by atoms with Gasteiger partial charge in [-0.1, -0.05) is 0 Å². The van der Waals surface area contributed by atoms with E-state index in [0.717, 1.165) is 31.6 Å². The van der Waals surface area contributed by atoms with Crippen LogP contribution in [0.5, 0.6) is 0 Å². The number of hydrogen-bond acceptors (Lipinski definition) is 6. The quantitative estimate of drug-likeness (QED) is 0.546. The molecule has 6 heteroatoms. The molecule has 0 spiro atoms. The highest BCUT2D eigenvalue weighted by molar-refractivity contribution is 5.70. The summed E-state index contributed by atoms with van der Waals surface area (Å²) in [6.45, 7) is 4.84. The summed E-state index contributed by atoms with van der Waals surface area (Å²) in [7, 11) is 3.41.